The molecule has 2 rings (SSSR count). The van der Waals surface area contributed by atoms with Gasteiger partial charge in [0, 0.05) is 25.4 Å². The molecule has 0 amide bonds. The smallest absolute Gasteiger partial charge is 0.341 e. The zero-order chi connectivity index (χ0) is 16.5. The minimum absolute atomic E-state index is 0.0314. The summed E-state index contributed by atoms with van der Waals surface area (Å²) in [5, 5.41) is 20.6. The van der Waals surface area contributed by atoms with Crippen molar-refractivity contribution in [2.45, 2.75) is 58.2 Å². The zero-order valence-corrected chi connectivity index (χ0v) is 13.6. The standard InChI is InChI=1S/C16H25NO5/c1-10(2)16(20,11(3)21-4)15(19)22-9-12-5-7-17-8-6-13(18)14(12)17/h5,7,10-11,13,18,20H,6,8-9H2,1-4H3. The number of methoxy groups -OCH3 is 1. The Bertz CT molecular complexity index is 539. The van der Waals surface area contributed by atoms with E-state index in [4.69, 9.17) is 9.47 Å². The Hall–Kier alpha value is -1.37. The summed E-state index contributed by atoms with van der Waals surface area (Å²) in [5.74, 6) is -1.05. The summed E-state index contributed by atoms with van der Waals surface area (Å²) in [6.45, 7) is 5.93. The lowest BCUT2D eigenvalue weighted by atomic mass is 9.85. The van der Waals surface area contributed by atoms with E-state index in [1.165, 1.54) is 7.11 Å². The first-order valence-corrected chi connectivity index (χ1v) is 7.60. The summed E-state index contributed by atoms with van der Waals surface area (Å²) in [6.07, 6.45) is 1.35. The number of aryl methyl sites for hydroxylation is 1. The number of carbonyl (C=O) groups is 1. The first kappa shape index (κ1) is 17.0. The van der Waals surface area contributed by atoms with Gasteiger partial charge in [-0.3, -0.25) is 0 Å². The molecule has 0 fully saturated rings. The molecule has 0 saturated heterocycles. The molecule has 0 saturated carbocycles. The average molecular weight is 311 g/mol. The molecule has 1 aliphatic rings. The third-order valence-electron chi connectivity index (χ3n) is 4.59. The third kappa shape index (κ3) is 2.78. The van der Waals surface area contributed by atoms with Gasteiger partial charge in [0.2, 0.25) is 0 Å². The number of carbonyl (C=O) groups excluding carboxylic acids is 1. The van der Waals surface area contributed by atoms with E-state index >= 15 is 0 Å². The van der Waals surface area contributed by atoms with Crippen LogP contribution in [0.1, 0.15) is 44.6 Å². The first-order chi connectivity index (χ1) is 10.3. The van der Waals surface area contributed by atoms with Crippen LogP contribution in [0.15, 0.2) is 12.3 Å². The molecule has 3 unspecified atom stereocenters. The van der Waals surface area contributed by atoms with Crippen LogP contribution >= 0.6 is 0 Å². The number of fused-ring (bicyclic) bond motifs is 1. The molecule has 22 heavy (non-hydrogen) atoms. The molecule has 0 aromatic carbocycles. The van der Waals surface area contributed by atoms with E-state index in [9.17, 15) is 15.0 Å². The molecular weight excluding hydrogens is 286 g/mol. The van der Waals surface area contributed by atoms with E-state index < -0.39 is 23.8 Å². The maximum atomic E-state index is 12.4. The molecule has 2 heterocycles. The van der Waals surface area contributed by atoms with Crippen molar-refractivity contribution in [3.63, 3.8) is 0 Å². The summed E-state index contributed by atoms with van der Waals surface area (Å²) in [5.41, 5.74) is -0.133. The van der Waals surface area contributed by atoms with Gasteiger partial charge in [-0.2, -0.15) is 0 Å². The van der Waals surface area contributed by atoms with E-state index in [2.05, 4.69) is 0 Å². The average Bonchev–Trinajstić information content (AvgIpc) is 3.06. The SMILES string of the molecule is COC(C)C(O)(C(=O)OCc1ccn2c1C(O)CC2)C(C)C. The highest BCUT2D eigenvalue weighted by molar-refractivity contribution is 5.80. The van der Waals surface area contributed by atoms with Gasteiger partial charge in [-0.25, -0.2) is 4.79 Å². The highest BCUT2D eigenvalue weighted by Gasteiger charge is 2.46. The Balaban J connectivity index is 2.09. The highest BCUT2D eigenvalue weighted by atomic mass is 16.6. The van der Waals surface area contributed by atoms with Gasteiger partial charge in [-0.15, -0.1) is 0 Å². The molecular formula is C16H25NO5. The lowest BCUT2D eigenvalue weighted by Gasteiger charge is -2.34. The summed E-state index contributed by atoms with van der Waals surface area (Å²) >= 11 is 0. The molecule has 2 N–H and O–H groups in total. The monoisotopic (exact) mass is 311 g/mol. The lowest BCUT2D eigenvalue weighted by Crippen LogP contribution is -2.54. The summed E-state index contributed by atoms with van der Waals surface area (Å²) in [6, 6.07) is 1.83. The summed E-state index contributed by atoms with van der Waals surface area (Å²) in [4.78, 5) is 12.4. The number of aliphatic hydroxyl groups is 2. The van der Waals surface area contributed by atoms with Crippen molar-refractivity contribution < 1.29 is 24.5 Å². The van der Waals surface area contributed by atoms with E-state index in [0.29, 0.717) is 6.42 Å². The molecule has 1 aromatic rings. The fourth-order valence-electron chi connectivity index (χ4n) is 2.96. The molecule has 6 nitrogen and oxygen atoms in total. The van der Waals surface area contributed by atoms with Crippen LogP contribution in [-0.2, 0) is 27.4 Å². The van der Waals surface area contributed by atoms with Crippen molar-refractivity contribution in [3.8, 4) is 0 Å². The second-order valence-corrected chi connectivity index (χ2v) is 6.16. The predicted molar refractivity (Wildman–Crippen MR) is 80.1 cm³/mol. The number of nitrogens with zero attached hydrogens (tertiary/aromatic N) is 1. The van der Waals surface area contributed by atoms with Crippen molar-refractivity contribution in [1.82, 2.24) is 4.57 Å². The number of aliphatic hydroxyl groups excluding tert-OH is 1. The van der Waals surface area contributed by atoms with Gasteiger partial charge in [0.25, 0.3) is 0 Å². The maximum Gasteiger partial charge on any atom is 0.341 e. The normalized spacial score (nSPS) is 21.5. The lowest BCUT2D eigenvalue weighted by molar-refractivity contribution is -0.189. The van der Waals surface area contributed by atoms with Crippen molar-refractivity contribution in [2.75, 3.05) is 7.11 Å². The quantitative estimate of drug-likeness (QED) is 0.776. The second-order valence-electron chi connectivity index (χ2n) is 6.16. The van der Waals surface area contributed by atoms with Crippen LogP contribution < -0.4 is 0 Å². The van der Waals surface area contributed by atoms with Gasteiger partial charge in [0.05, 0.1) is 17.9 Å². The Morgan fingerprint density at radius 1 is 1.50 bits per heavy atom. The van der Waals surface area contributed by atoms with Crippen LogP contribution in [0.4, 0.5) is 0 Å². The van der Waals surface area contributed by atoms with Crippen LogP contribution in [0.2, 0.25) is 0 Å². The minimum atomic E-state index is -1.70. The largest absolute Gasteiger partial charge is 0.459 e. The Kier molecular flexibility index (Phi) is 4.94. The molecule has 6 heteroatoms. The fraction of sp³-hybridized carbons (Fsp3) is 0.688. The van der Waals surface area contributed by atoms with Crippen molar-refractivity contribution in [3.05, 3.63) is 23.5 Å². The fourth-order valence-corrected chi connectivity index (χ4v) is 2.96. The number of hydrogen-bond donors (Lipinski definition) is 2. The number of ether oxygens (including phenoxy) is 2. The number of hydrogen-bond acceptors (Lipinski definition) is 5. The summed E-state index contributed by atoms with van der Waals surface area (Å²) in [7, 11) is 1.45. The summed E-state index contributed by atoms with van der Waals surface area (Å²) < 4.78 is 12.4. The van der Waals surface area contributed by atoms with Crippen LogP contribution in [0, 0.1) is 5.92 Å². The third-order valence-corrected chi connectivity index (χ3v) is 4.59. The van der Waals surface area contributed by atoms with Gasteiger partial charge >= 0.3 is 5.97 Å². The van der Waals surface area contributed by atoms with Gasteiger partial charge in [0.15, 0.2) is 5.60 Å². The van der Waals surface area contributed by atoms with E-state index in [-0.39, 0.29) is 12.5 Å². The highest BCUT2D eigenvalue weighted by Crippen LogP contribution is 2.31. The molecule has 0 spiro atoms. The van der Waals surface area contributed by atoms with Crippen molar-refractivity contribution in [1.29, 1.82) is 0 Å². The molecule has 0 radical (unpaired) electrons. The van der Waals surface area contributed by atoms with E-state index in [1.807, 2.05) is 16.8 Å². The van der Waals surface area contributed by atoms with E-state index in [0.717, 1.165) is 17.8 Å². The molecule has 3 atom stereocenters. The molecule has 0 bridgehead atoms. The molecule has 1 aromatic heterocycles. The van der Waals surface area contributed by atoms with Gasteiger partial charge in [-0.05, 0) is 25.3 Å². The zero-order valence-electron chi connectivity index (χ0n) is 13.6. The van der Waals surface area contributed by atoms with Crippen LogP contribution in [0.25, 0.3) is 0 Å². The molecule has 124 valence electrons. The van der Waals surface area contributed by atoms with Crippen LogP contribution in [0.5, 0.6) is 0 Å². The van der Waals surface area contributed by atoms with Crippen LogP contribution in [0.3, 0.4) is 0 Å². The number of aromatic nitrogens is 1. The minimum Gasteiger partial charge on any atom is -0.459 e. The van der Waals surface area contributed by atoms with Crippen molar-refractivity contribution >= 4 is 5.97 Å². The topological polar surface area (TPSA) is 80.9 Å². The Morgan fingerprint density at radius 2 is 2.18 bits per heavy atom. The maximum absolute atomic E-state index is 12.4. The number of rotatable bonds is 6. The van der Waals surface area contributed by atoms with Gasteiger partial charge < -0.3 is 24.3 Å². The van der Waals surface area contributed by atoms with Crippen LogP contribution in [-0.4, -0.2) is 39.6 Å². The Morgan fingerprint density at radius 3 is 2.77 bits per heavy atom. The second kappa shape index (κ2) is 6.40. The molecule has 1 aliphatic heterocycles. The van der Waals surface area contributed by atoms with E-state index in [1.54, 1.807) is 20.8 Å². The Labute approximate surface area is 130 Å². The first-order valence-electron chi connectivity index (χ1n) is 7.60. The number of esters is 1. The van der Waals surface area contributed by atoms with Crippen molar-refractivity contribution in [2.24, 2.45) is 5.92 Å². The molecule has 0 aliphatic carbocycles. The van der Waals surface area contributed by atoms with Gasteiger partial charge in [0.1, 0.15) is 6.61 Å². The predicted octanol–water partition coefficient (Wildman–Crippen LogP) is 1.39. The van der Waals surface area contributed by atoms with Gasteiger partial charge in [-0.1, -0.05) is 13.8 Å².